The number of pyridine rings is 1. The molecule has 0 aliphatic rings. The number of amides is 1. The number of aryl methyl sites for hydroxylation is 1. The number of aromatic nitrogens is 3. The van der Waals surface area contributed by atoms with Gasteiger partial charge in [-0.25, -0.2) is 9.78 Å². The summed E-state index contributed by atoms with van der Waals surface area (Å²) in [6.45, 7) is 5.09. The van der Waals surface area contributed by atoms with Crippen molar-refractivity contribution >= 4 is 39.5 Å². The van der Waals surface area contributed by atoms with Crippen molar-refractivity contribution in [3.05, 3.63) is 101 Å². The van der Waals surface area contributed by atoms with Gasteiger partial charge in [0.25, 0.3) is 0 Å². The number of Topliss-reactive ketones (excluding diaryl/α,β-unsaturated/α-hetero) is 1. The molecular weight excluding hydrogens is 514 g/mol. The van der Waals surface area contributed by atoms with E-state index in [9.17, 15) is 9.59 Å². The van der Waals surface area contributed by atoms with E-state index in [1.165, 1.54) is 0 Å². The molecule has 0 saturated carbocycles. The molecule has 3 N–H and O–H groups in total. The number of hydrogen-bond donors (Lipinski definition) is 2. The van der Waals surface area contributed by atoms with Gasteiger partial charge >= 0.3 is 6.09 Å². The van der Waals surface area contributed by atoms with Crippen molar-refractivity contribution in [3.63, 3.8) is 0 Å². The van der Waals surface area contributed by atoms with Crippen molar-refractivity contribution in [2.75, 3.05) is 5.73 Å². The summed E-state index contributed by atoms with van der Waals surface area (Å²) in [5.41, 5.74) is 13.0. The van der Waals surface area contributed by atoms with E-state index in [-0.39, 0.29) is 12.4 Å². The van der Waals surface area contributed by atoms with Gasteiger partial charge in [0, 0.05) is 36.7 Å². The fourth-order valence-electron chi connectivity index (χ4n) is 4.98. The average Bonchev–Trinajstić information content (AvgIpc) is 3.34. The Bertz CT molecular complexity index is 1670. The summed E-state index contributed by atoms with van der Waals surface area (Å²) >= 11 is 0. The van der Waals surface area contributed by atoms with E-state index >= 15 is 0 Å². The zero-order chi connectivity index (χ0) is 28.8. The smallest absolute Gasteiger partial charge is 0.407 e. The number of alkyl carbamates (subject to hydrolysis) is 1. The number of rotatable bonds is 11. The van der Waals surface area contributed by atoms with Crippen molar-refractivity contribution < 1.29 is 14.3 Å². The van der Waals surface area contributed by atoms with E-state index in [1.54, 1.807) is 6.92 Å². The molecule has 1 amide bonds. The number of benzene rings is 3. The predicted octanol–water partition coefficient (Wildman–Crippen LogP) is 6.12. The molecule has 0 radical (unpaired) electrons. The molecule has 0 atom stereocenters. The first kappa shape index (κ1) is 27.8. The number of hydrogen-bond acceptors (Lipinski definition) is 6. The van der Waals surface area contributed by atoms with Crippen LogP contribution in [0.1, 0.15) is 54.6 Å². The van der Waals surface area contributed by atoms with Crippen LogP contribution in [-0.2, 0) is 42.1 Å². The lowest BCUT2D eigenvalue weighted by molar-refractivity contribution is -0.116. The van der Waals surface area contributed by atoms with E-state index in [1.807, 2.05) is 54.6 Å². The van der Waals surface area contributed by atoms with Gasteiger partial charge in [0.15, 0.2) is 5.82 Å². The average molecular weight is 550 g/mol. The van der Waals surface area contributed by atoms with Crippen molar-refractivity contribution in [3.8, 4) is 0 Å². The third-order valence-corrected chi connectivity index (χ3v) is 7.12. The van der Waals surface area contributed by atoms with Crippen molar-refractivity contribution in [2.24, 2.45) is 0 Å². The van der Waals surface area contributed by atoms with Crippen molar-refractivity contribution in [2.45, 2.75) is 59.2 Å². The van der Waals surface area contributed by atoms with Gasteiger partial charge in [-0.15, -0.1) is 0 Å². The summed E-state index contributed by atoms with van der Waals surface area (Å²) in [4.78, 5) is 28.1. The second-order valence-corrected chi connectivity index (χ2v) is 10.4. The van der Waals surface area contributed by atoms with Gasteiger partial charge in [-0.1, -0.05) is 80.1 Å². The molecule has 41 heavy (non-hydrogen) atoms. The van der Waals surface area contributed by atoms with Gasteiger partial charge in [0.2, 0.25) is 0 Å². The number of nitrogens with one attached hydrogen (secondary N) is 1. The highest BCUT2D eigenvalue weighted by atomic mass is 16.5. The molecule has 5 rings (SSSR count). The van der Waals surface area contributed by atoms with E-state index < -0.39 is 6.09 Å². The molecule has 210 valence electrons. The van der Waals surface area contributed by atoms with Crippen LogP contribution in [0.3, 0.4) is 0 Å². The van der Waals surface area contributed by atoms with Crippen LogP contribution in [0, 0.1) is 0 Å². The maximum atomic E-state index is 12.3. The molecule has 2 aromatic heterocycles. The largest absolute Gasteiger partial charge is 0.445 e. The van der Waals surface area contributed by atoms with Crippen LogP contribution in [0.15, 0.2) is 72.8 Å². The number of unbranched alkanes of at least 4 members (excludes halogenated alkanes) is 1. The molecule has 0 saturated heterocycles. The summed E-state index contributed by atoms with van der Waals surface area (Å²) in [6.07, 6.45) is 2.72. The molecule has 0 spiro atoms. The number of anilines is 1. The Labute approximate surface area is 239 Å². The van der Waals surface area contributed by atoms with Gasteiger partial charge < -0.3 is 15.8 Å². The number of fused-ring (bicyclic) bond motifs is 3. The number of carbonyl (C=O) groups excluding carboxylic acids is 2. The van der Waals surface area contributed by atoms with Gasteiger partial charge in [-0.3, -0.25) is 9.48 Å². The Kier molecular flexibility index (Phi) is 8.58. The van der Waals surface area contributed by atoms with Crippen LogP contribution < -0.4 is 11.1 Å². The molecule has 0 bridgehead atoms. The van der Waals surface area contributed by atoms with Gasteiger partial charge in [-0.05, 0) is 41.7 Å². The van der Waals surface area contributed by atoms with Crippen molar-refractivity contribution in [1.29, 1.82) is 0 Å². The Morgan fingerprint density at radius 2 is 1.61 bits per heavy atom. The first-order chi connectivity index (χ1) is 19.9. The zero-order valence-corrected chi connectivity index (χ0v) is 23.5. The summed E-state index contributed by atoms with van der Waals surface area (Å²) in [7, 11) is 0. The molecule has 0 aliphatic carbocycles. The Morgan fingerprint density at radius 1 is 0.927 bits per heavy atom. The normalized spacial score (nSPS) is 11.2. The summed E-state index contributed by atoms with van der Waals surface area (Å²) in [5.74, 6) is 0.568. The lowest BCUT2D eigenvalue weighted by atomic mass is 10.0. The minimum Gasteiger partial charge on any atom is -0.445 e. The van der Waals surface area contributed by atoms with Crippen LogP contribution in [0.25, 0.3) is 21.8 Å². The highest BCUT2D eigenvalue weighted by Gasteiger charge is 2.18. The number of para-hydroxylation sites is 1. The molecule has 5 aromatic rings. The third-order valence-electron chi connectivity index (χ3n) is 7.12. The second kappa shape index (κ2) is 12.6. The summed E-state index contributed by atoms with van der Waals surface area (Å²) in [6, 6.07) is 23.8. The highest BCUT2D eigenvalue weighted by Crippen LogP contribution is 2.32. The Balaban J connectivity index is 1.24. The van der Waals surface area contributed by atoms with E-state index in [0.717, 1.165) is 69.1 Å². The topological polar surface area (TPSA) is 112 Å². The number of ether oxygens (including phenoxy) is 1. The Morgan fingerprint density at radius 3 is 2.34 bits per heavy atom. The molecule has 8 nitrogen and oxygen atoms in total. The SMILES string of the molecule is CCCCn1nc2c(N)nc3ccccc3c2c1Cc1ccc(CNC(=O)OCc2ccc(CC(C)=O)cc2)cc1. The highest BCUT2D eigenvalue weighted by molar-refractivity contribution is 6.09. The molecule has 0 aliphatic heterocycles. The minimum absolute atomic E-state index is 0.116. The minimum atomic E-state index is -0.480. The first-order valence-electron chi connectivity index (χ1n) is 14.0. The van der Waals surface area contributed by atoms with Crippen LogP contribution in [0.5, 0.6) is 0 Å². The summed E-state index contributed by atoms with van der Waals surface area (Å²) < 4.78 is 7.44. The zero-order valence-electron chi connectivity index (χ0n) is 23.5. The maximum absolute atomic E-state index is 12.3. The number of nitrogens with two attached hydrogens (primary N) is 1. The molecule has 2 heterocycles. The fourth-order valence-corrected chi connectivity index (χ4v) is 4.98. The van der Waals surface area contributed by atoms with Gasteiger partial charge in [0.1, 0.15) is 17.9 Å². The lowest BCUT2D eigenvalue weighted by Gasteiger charge is -2.10. The lowest BCUT2D eigenvalue weighted by Crippen LogP contribution is -2.23. The standard InChI is InChI=1S/C33H35N5O3/c1-3-4-17-38-29(30-27-7-5-6-8-28(27)36-32(34)31(30)37-38)19-24-9-13-25(14-10-24)20-35-33(40)41-21-26-15-11-23(12-16-26)18-22(2)39/h5-16H,3-4,17-21H2,1-2H3,(H2,34,36)(H,35,40). The van der Waals surface area contributed by atoms with Crippen LogP contribution in [-0.4, -0.2) is 26.6 Å². The second-order valence-electron chi connectivity index (χ2n) is 10.4. The maximum Gasteiger partial charge on any atom is 0.407 e. The number of carbonyl (C=O) groups is 2. The quantitative estimate of drug-likeness (QED) is 0.205. The van der Waals surface area contributed by atoms with E-state index in [2.05, 4.69) is 40.1 Å². The number of nitrogen functional groups attached to an aromatic ring is 1. The fraction of sp³-hybridized carbons (Fsp3) is 0.273. The van der Waals surface area contributed by atoms with Crippen molar-refractivity contribution in [1.82, 2.24) is 20.1 Å². The van der Waals surface area contributed by atoms with Crippen LogP contribution >= 0.6 is 0 Å². The molecule has 3 aromatic carbocycles. The van der Waals surface area contributed by atoms with E-state index in [4.69, 9.17) is 15.6 Å². The molecule has 0 fully saturated rings. The van der Waals surface area contributed by atoms with Crippen LogP contribution in [0.2, 0.25) is 0 Å². The molecule has 0 unspecified atom stereocenters. The Hall–Kier alpha value is -4.72. The number of ketones is 1. The monoisotopic (exact) mass is 549 g/mol. The third kappa shape index (κ3) is 6.72. The molecule has 8 heteroatoms. The van der Waals surface area contributed by atoms with E-state index in [0.29, 0.717) is 25.2 Å². The predicted molar refractivity (Wildman–Crippen MR) is 161 cm³/mol. The van der Waals surface area contributed by atoms with Gasteiger partial charge in [-0.2, -0.15) is 5.10 Å². The molecular formula is C33H35N5O3. The number of nitrogens with zero attached hydrogens (tertiary/aromatic N) is 3. The van der Waals surface area contributed by atoms with Crippen LogP contribution in [0.4, 0.5) is 10.6 Å². The van der Waals surface area contributed by atoms with Gasteiger partial charge in [0.05, 0.1) is 11.2 Å². The first-order valence-corrected chi connectivity index (χ1v) is 14.0. The summed E-state index contributed by atoms with van der Waals surface area (Å²) in [5, 5.41) is 9.80.